The molecular weight excluding hydrogens is 402 g/mol. The molecule has 1 aromatic carbocycles. The van der Waals surface area contributed by atoms with Gasteiger partial charge in [-0.3, -0.25) is 4.79 Å². The summed E-state index contributed by atoms with van der Waals surface area (Å²) in [4.78, 5) is 25.7. The number of aryl methyl sites for hydroxylation is 1. The van der Waals surface area contributed by atoms with Gasteiger partial charge in [-0.1, -0.05) is 41.9 Å². The van der Waals surface area contributed by atoms with Crippen molar-refractivity contribution in [3.05, 3.63) is 39.2 Å². The molecule has 0 aliphatic carbocycles. The zero-order chi connectivity index (χ0) is 18.6. The van der Waals surface area contributed by atoms with Crippen molar-refractivity contribution in [3.8, 4) is 11.1 Å². The van der Waals surface area contributed by atoms with Crippen molar-refractivity contribution >= 4 is 44.1 Å². The lowest BCUT2D eigenvalue weighted by atomic mass is 10.0. The van der Waals surface area contributed by atoms with Crippen molar-refractivity contribution in [2.24, 2.45) is 5.92 Å². The van der Waals surface area contributed by atoms with E-state index in [0.717, 1.165) is 20.5 Å². The number of thiophene rings is 1. The Morgan fingerprint density at radius 2 is 1.88 bits per heavy atom. The second-order valence-electron chi connectivity index (χ2n) is 6.11. The van der Waals surface area contributed by atoms with Gasteiger partial charge in [0.1, 0.15) is 10.6 Å². The van der Waals surface area contributed by atoms with Crippen LogP contribution in [0.1, 0.15) is 42.4 Å². The second kappa shape index (κ2) is 8.63. The van der Waals surface area contributed by atoms with E-state index in [9.17, 15) is 9.59 Å². The number of carbonyl (C=O) groups excluding carboxylic acids is 2. The standard InChI is InChI=1S/C19H22BrNO3S/c1-5-24-19(23)17-16(13-6-8-14(20)9-7-13)12(4)25-18(17)21-15(22)10-11(2)3/h6-9,11H,5,10H2,1-4H3,(H,21,22). The quantitative estimate of drug-likeness (QED) is 0.610. The van der Waals surface area contributed by atoms with E-state index in [1.165, 1.54) is 11.3 Å². The highest BCUT2D eigenvalue weighted by atomic mass is 79.9. The van der Waals surface area contributed by atoms with E-state index in [1.807, 2.05) is 45.0 Å². The number of hydrogen-bond acceptors (Lipinski definition) is 4. The molecule has 0 radical (unpaired) electrons. The van der Waals surface area contributed by atoms with Gasteiger partial charge in [0.15, 0.2) is 0 Å². The summed E-state index contributed by atoms with van der Waals surface area (Å²) in [5.74, 6) is -0.258. The van der Waals surface area contributed by atoms with E-state index in [4.69, 9.17) is 4.74 Å². The molecule has 0 unspecified atom stereocenters. The van der Waals surface area contributed by atoms with Crippen LogP contribution in [-0.2, 0) is 9.53 Å². The summed E-state index contributed by atoms with van der Waals surface area (Å²) in [5.41, 5.74) is 2.17. The predicted molar refractivity (Wildman–Crippen MR) is 106 cm³/mol. The Hall–Kier alpha value is -1.66. The molecule has 25 heavy (non-hydrogen) atoms. The first kappa shape index (κ1) is 19.7. The minimum atomic E-state index is -0.412. The lowest BCUT2D eigenvalue weighted by Crippen LogP contribution is -2.16. The van der Waals surface area contributed by atoms with E-state index < -0.39 is 5.97 Å². The third-order valence-electron chi connectivity index (χ3n) is 3.54. The van der Waals surface area contributed by atoms with Crippen molar-refractivity contribution in [1.82, 2.24) is 0 Å². The maximum Gasteiger partial charge on any atom is 0.341 e. The van der Waals surface area contributed by atoms with Gasteiger partial charge < -0.3 is 10.1 Å². The molecular formula is C19H22BrNO3S. The zero-order valence-electron chi connectivity index (χ0n) is 14.8. The summed E-state index contributed by atoms with van der Waals surface area (Å²) in [6.07, 6.45) is 0.410. The maximum absolute atomic E-state index is 12.6. The van der Waals surface area contributed by atoms with Crippen LogP contribution in [0.2, 0.25) is 0 Å². The normalized spacial score (nSPS) is 10.8. The molecule has 1 N–H and O–H groups in total. The van der Waals surface area contributed by atoms with Crippen LogP contribution in [0.15, 0.2) is 28.7 Å². The van der Waals surface area contributed by atoms with Gasteiger partial charge in [0, 0.05) is 21.3 Å². The molecule has 2 rings (SSSR count). The molecule has 0 saturated carbocycles. The highest BCUT2D eigenvalue weighted by molar-refractivity contribution is 9.10. The van der Waals surface area contributed by atoms with Gasteiger partial charge in [0.2, 0.25) is 5.91 Å². The van der Waals surface area contributed by atoms with E-state index in [1.54, 1.807) is 6.92 Å². The summed E-state index contributed by atoms with van der Waals surface area (Å²) >= 11 is 4.83. The molecule has 0 spiro atoms. The third kappa shape index (κ3) is 4.92. The van der Waals surface area contributed by atoms with Gasteiger partial charge in [0.25, 0.3) is 0 Å². The summed E-state index contributed by atoms with van der Waals surface area (Å²) in [6.45, 7) is 7.97. The van der Waals surface area contributed by atoms with Crippen molar-refractivity contribution < 1.29 is 14.3 Å². The van der Waals surface area contributed by atoms with E-state index in [2.05, 4.69) is 21.2 Å². The van der Waals surface area contributed by atoms with Gasteiger partial charge >= 0.3 is 5.97 Å². The van der Waals surface area contributed by atoms with Gasteiger partial charge in [0.05, 0.1) is 6.61 Å². The monoisotopic (exact) mass is 423 g/mol. The molecule has 1 heterocycles. The molecule has 134 valence electrons. The van der Waals surface area contributed by atoms with Crippen LogP contribution in [0.5, 0.6) is 0 Å². The zero-order valence-corrected chi connectivity index (χ0v) is 17.2. The number of hydrogen-bond donors (Lipinski definition) is 1. The summed E-state index contributed by atoms with van der Waals surface area (Å²) in [7, 11) is 0. The van der Waals surface area contributed by atoms with Crippen LogP contribution in [0.4, 0.5) is 5.00 Å². The number of ether oxygens (including phenoxy) is 1. The van der Waals surface area contributed by atoms with Gasteiger partial charge in [-0.25, -0.2) is 4.79 Å². The van der Waals surface area contributed by atoms with Crippen molar-refractivity contribution in [3.63, 3.8) is 0 Å². The number of carbonyl (C=O) groups is 2. The summed E-state index contributed by atoms with van der Waals surface area (Å²) in [6, 6.07) is 7.75. The minimum Gasteiger partial charge on any atom is -0.462 e. The fourth-order valence-corrected chi connectivity index (χ4v) is 3.89. The van der Waals surface area contributed by atoms with Crippen LogP contribution in [-0.4, -0.2) is 18.5 Å². The van der Waals surface area contributed by atoms with E-state index in [0.29, 0.717) is 17.0 Å². The lowest BCUT2D eigenvalue weighted by molar-refractivity contribution is -0.116. The Kier molecular flexibility index (Phi) is 6.79. The molecule has 0 fully saturated rings. The van der Waals surface area contributed by atoms with Crippen LogP contribution >= 0.6 is 27.3 Å². The Morgan fingerprint density at radius 3 is 2.44 bits per heavy atom. The SMILES string of the molecule is CCOC(=O)c1c(NC(=O)CC(C)C)sc(C)c1-c1ccc(Br)cc1. The molecule has 0 atom stereocenters. The minimum absolute atomic E-state index is 0.0934. The summed E-state index contributed by atoms with van der Waals surface area (Å²) in [5, 5.41) is 3.45. The van der Waals surface area contributed by atoms with E-state index in [-0.39, 0.29) is 18.4 Å². The van der Waals surface area contributed by atoms with Crippen LogP contribution in [0, 0.1) is 12.8 Å². The van der Waals surface area contributed by atoms with Crippen molar-refractivity contribution in [1.29, 1.82) is 0 Å². The number of esters is 1. The topological polar surface area (TPSA) is 55.4 Å². The lowest BCUT2D eigenvalue weighted by Gasteiger charge is -2.10. The fraction of sp³-hybridized carbons (Fsp3) is 0.368. The second-order valence-corrected chi connectivity index (χ2v) is 8.25. The average Bonchev–Trinajstić information content (AvgIpc) is 2.83. The average molecular weight is 424 g/mol. The van der Waals surface area contributed by atoms with Gasteiger partial charge in [-0.05, 0) is 37.5 Å². The molecule has 0 aliphatic heterocycles. The number of amides is 1. The number of halogens is 1. The van der Waals surface area contributed by atoms with Gasteiger partial charge in [-0.15, -0.1) is 11.3 Å². The van der Waals surface area contributed by atoms with Crippen molar-refractivity contribution in [2.45, 2.75) is 34.1 Å². The number of nitrogens with one attached hydrogen (secondary N) is 1. The van der Waals surface area contributed by atoms with Gasteiger partial charge in [-0.2, -0.15) is 0 Å². The Bertz CT molecular complexity index is 766. The van der Waals surface area contributed by atoms with E-state index >= 15 is 0 Å². The molecule has 1 amide bonds. The Morgan fingerprint density at radius 1 is 1.24 bits per heavy atom. The summed E-state index contributed by atoms with van der Waals surface area (Å²) < 4.78 is 6.20. The first-order valence-electron chi connectivity index (χ1n) is 8.19. The number of benzene rings is 1. The van der Waals surface area contributed by atoms with Crippen LogP contribution in [0.3, 0.4) is 0 Å². The molecule has 4 nitrogen and oxygen atoms in total. The molecule has 0 aliphatic rings. The molecule has 1 aromatic heterocycles. The highest BCUT2D eigenvalue weighted by Gasteiger charge is 2.25. The Labute approximate surface area is 160 Å². The largest absolute Gasteiger partial charge is 0.462 e. The molecule has 2 aromatic rings. The highest BCUT2D eigenvalue weighted by Crippen LogP contribution is 2.40. The third-order valence-corrected chi connectivity index (χ3v) is 5.09. The molecule has 0 saturated heterocycles. The van der Waals surface area contributed by atoms with Crippen LogP contribution < -0.4 is 5.32 Å². The Balaban J connectivity index is 2.49. The molecule has 6 heteroatoms. The smallest absolute Gasteiger partial charge is 0.341 e. The number of anilines is 1. The number of rotatable bonds is 6. The predicted octanol–water partition coefficient (Wildman–Crippen LogP) is 5.65. The molecule has 0 bridgehead atoms. The van der Waals surface area contributed by atoms with Crippen LogP contribution in [0.25, 0.3) is 11.1 Å². The maximum atomic E-state index is 12.6. The first-order chi connectivity index (χ1) is 11.8. The fourth-order valence-electron chi connectivity index (χ4n) is 2.54. The first-order valence-corrected chi connectivity index (χ1v) is 9.80. The van der Waals surface area contributed by atoms with Crippen molar-refractivity contribution in [2.75, 3.05) is 11.9 Å².